The molecule has 1 amide bonds. The van der Waals surface area contributed by atoms with Crippen LogP contribution in [0.25, 0.3) is 0 Å². The number of pyridine rings is 1. The van der Waals surface area contributed by atoms with Crippen molar-refractivity contribution in [2.75, 3.05) is 18.6 Å². The minimum absolute atomic E-state index is 0.0659. The summed E-state index contributed by atoms with van der Waals surface area (Å²) in [5.41, 5.74) is 1.03. The second kappa shape index (κ2) is 2.73. The van der Waals surface area contributed by atoms with E-state index < -0.39 is 0 Å². The molecule has 0 fully saturated rings. The molecule has 4 heteroatoms. The summed E-state index contributed by atoms with van der Waals surface area (Å²) in [5.74, 6) is 1.22. The van der Waals surface area contributed by atoms with Crippen molar-refractivity contribution in [3.63, 3.8) is 0 Å². The highest BCUT2D eigenvalue weighted by Crippen LogP contribution is 2.28. The molecule has 0 atom stereocenters. The summed E-state index contributed by atoms with van der Waals surface area (Å²) in [7, 11) is 1.70. The van der Waals surface area contributed by atoms with Gasteiger partial charge in [-0.2, -0.15) is 0 Å². The fourth-order valence-electron chi connectivity index (χ4n) is 1.25. The Morgan fingerprint density at radius 3 is 3.15 bits per heavy atom. The lowest BCUT2D eigenvalue weighted by atomic mass is 10.2. The van der Waals surface area contributed by atoms with Gasteiger partial charge in [0.25, 0.3) is 5.91 Å². The highest BCUT2D eigenvalue weighted by molar-refractivity contribution is 5.96. The molecule has 0 N–H and O–H groups in total. The molecule has 1 aromatic rings. The Kier molecular flexibility index (Phi) is 1.69. The summed E-state index contributed by atoms with van der Waals surface area (Å²) in [4.78, 5) is 16.8. The van der Waals surface area contributed by atoms with Gasteiger partial charge in [-0.25, -0.2) is 4.98 Å². The number of hydrogen-bond acceptors (Lipinski definition) is 3. The quantitative estimate of drug-likeness (QED) is 0.588. The van der Waals surface area contributed by atoms with Crippen molar-refractivity contribution < 1.29 is 9.53 Å². The number of fused-ring (bicyclic) bond motifs is 1. The fraction of sp³-hybridized carbons (Fsp3) is 0.333. The van der Waals surface area contributed by atoms with Crippen LogP contribution in [0.1, 0.15) is 5.56 Å². The first-order valence-corrected chi connectivity index (χ1v) is 4.04. The summed E-state index contributed by atoms with van der Waals surface area (Å²) in [5, 5.41) is 0. The first kappa shape index (κ1) is 8.04. The zero-order chi connectivity index (χ0) is 9.42. The van der Waals surface area contributed by atoms with Crippen LogP contribution in [0.5, 0.6) is 5.75 Å². The highest BCUT2D eigenvalue weighted by atomic mass is 16.5. The standard InChI is InChI=1S/C9H10N2O2/c1-6-3-7-9(10-4-6)11(2)8(12)5-13-7/h3-4H,5H2,1-2H3. The van der Waals surface area contributed by atoms with Gasteiger partial charge in [0.05, 0.1) is 0 Å². The monoisotopic (exact) mass is 178 g/mol. The summed E-state index contributed by atoms with van der Waals surface area (Å²) >= 11 is 0. The molecule has 0 aliphatic carbocycles. The van der Waals surface area contributed by atoms with Crippen molar-refractivity contribution in [2.45, 2.75) is 6.92 Å². The molecular weight excluding hydrogens is 168 g/mol. The molecule has 0 saturated carbocycles. The number of amides is 1. The van der Waals surface area contributed by atoms with Crippen molar-refractivity contribution in [1.82, 2.24) is 4.98 Å². The van der Waals surface area contributed by atoms with Crippen molar-refractivity contribution in [3.05, 3.63) is 17.8 Å². The van der Waals surface area contributed by atoms with Crippen LogP contribution in [-0.4, -0.2) is 24.5 Å². The van der Waals surface area contributed by atoms with Crippen LogP contribution in [0, 0.1) is 6.92 Å². The molecule has 2 rings (SSSR count). The van der Waals surface area contributed by atoms with E-state index in [1.54, 1.807) is 13.2 Å². The Hall–Kier alpha value is -1.58. The molecule has 1 aromatic heterocycles. The molecule has 13 heavy (non-hydrogen) atoms. The van der Waals surface area contributed by atoms with Crippen molar-refractivity contribution in [3.8, 4) is 5.75 Å². The van der Waals surface area contributed by atoms with Crippen LogP contribution < -0.4 is 9.64 Å². The first-order chi connectivity index (χ1) is 6.18. The molecule has 0 spiro atoms. The number of aryl methyl sites for hydroxylation is 1. The normalized spacial score (nSPS) is 15.2. The number of ether oxygens (including phenoxy) is 1. The van der Waals surface area contributed by atoms with Crippen LogP contribution in [0.2, 0.25) is 0 Å². The molecular formula is C9H10N2O2. The van der Waals surface area contributed by atoms with Crippen LogP contribution >= 0.6 is 0 Å². The van der Waals surface area contributed by atoms with E-state index >= 15 is 0 Å². The SMILES string of the molecule is Cc1cnc2c(c1)OCC(=O)N2C. The lowest BCUT2D eigenvalue weighted by Crippen LogP contribution is -2.36. The van der Waals surface area contributed by atoms with Gasteiger partial charge in [0.1, 0.15) is 0 Å². The Bertz CT molecular complexity index is 363. The molecule has 2 heterocycles. The van der Waals surface area contributed by atoms with Crippen LogP contribution in [0.3, 0.4) is 0 Å². The Balaban J connectivity index is 2.49. The second-order valence-corrected chi connectivity index (χ2v) is 3.08. The number of nitrogens with zero attached hydrogens (tertiary/aromatic N) is 2. The molecule has 0 radical (unpaired) electrons. The number of aromatic nitrogens is 1. The van der Waals surface area contributed by atoms with E-state index in [4.69, 9.17) is 4.74 Å². The van der Waals surface area contributed by atoms with E-state index in [9.17, 15) is 4.79 Å². The summed E-state index contributed by atoms with van der Waals surface area (Å²) in [6, 6.07) is 1.88. The predicted molar refractivity (Wildman–Crippen MR) is 47.9 cm³/mol. The largest absolute Gasteiger partial charge is 0.480 e. The van der Waals surface area contributed by atoms with Gasteiger partial charge in [-0.05, 0) is 18.6 Å². The van der Waals surface area contributed by atoms with Crippen LogP contribution in [0.4, 0.5) is 5.82 Å². The molecule has 1 aliphatic heterocycles. The third-order valence-electron chi connectivity index (χ3n) is 2.01. The van der Waals surface area contributed by atoms with Gasteiger partial charge in [0.2, 0.25) is 0 Å². The zero-order valence-electron chi connectivity index (χ0n) is 7.57. The third kappa shape index (κ3) is 1.24. The number of anilines is 1. The minimum atomic E-state index is -0.0659. The van der Waals surface area contributed by atoms with E-state index in [-0.39, 0.29) is 12.5 Å². The zero-order valence-corrected chi connectivity index (χ0v) is 7.57. The lowest BCUT2D eigenvalue weighted by Gasteiger charge is -2.24. The minimum Gasteiger partial charge on any atom is -0.480 e. The summed E-state index contributed by atoms with van der Waals surface area (Å²) in [6.07, 6.45) is 1.72. The van der Waals surface area contributed by atoms with E-state index in [0.717, 1.165) is 5.56 Å². The van der Waals surface area contributed by atoms with Gasteiger partial charge >= 0.3 is 0 Å². The molecule has 0 unspecified atom stereocenters. The number of carbonyl (C=O) groups excluding carboxylic acids is 1. The molecule has 0 bridgehead atoms. The van der Waals surface area contributed by atoms with Crippen LogP contribution in [-0.2, 0) is 4.79 Å². The van der Waals surface area contributed by atoms with Gasteiger partial charge in [-0.3, -0.25) is 9.69 Å². The average molecular weight is 178 g/mol. The van der Waals surface area contributed by atoms with Gasteiger partial charge in [-0.1, -0.05) is 0 Å². The number of hydrogen-bond donors (Lipinski definition) is 0. The Labute approximate surface area is 76.1 Å². The van der Waals surface area contributed by atoms with Gasteiger partial charge in [0, 0.05) is 13.2 Å². The predicted octanol–water partition coefficient (Wildman–Crippen LogP) is 0.745. The third-order valence-corrected chi connectivity index (χ3v) is 2.01. The average Bonchev–Trinajstić information content (AvgIpc) is 2.12. The highest BCUT2D eigenvalue weighted by Gasteiger charge is 2.22. The molecule has 0 saturated heterocycles. The van der Waals surface area contributed by atoms with E-state index in [1.807, 2.05) is 13.0 Å². The van der Waals surface area contributed by atoms with E-state index in [2.05, 4.69) is 4.98 Å². The lowest BCUT2D eigenvalue weighted by molar-refractivity contribution is -0.121. The number of carbonyl (C=O) groups is 1. The van der Waals surface area contributed by atoms with Gasteiger partial charge < -0.3 is 4.74 Å². The summed E-state index contributed by atoms with van der Waals surface area (Å²) in [6.45, 7) is 2.04. The van der Waals surface area contributed by atoms with Crippen molar-refractivity contribution in [2.24, 2.45) is 0 Å². The van der Waals surface area contributed by atoms with E-state index in [1.165, 1.54) is 4.90 Å². The van der Waals surface area contributed by atoms with Gasteiger partial charge in [0.15, 0.2) is 18.2 Å². The number of likely N-dealkylation sites (N-methyl/N-ethyl adjacent to an activating group) is 1. The van der Waals surface area contributed by atoms with Crippen molar-refractivity contribution >= 4 is 11.7 Å². The molecule has 0 aromatic carbocycles. The Morgan fingerprint density at radius 1 is 1.62 bits per heavy atom. The molecule has 4 nitrogen and oxygen atoms in total. The number of rotatable bonds is 0. The molecule has 68 valence electrons. The fourth-order valence-corrected chi connectivity index (χ4v) is 1.25. The summed E-state index contributed by atoms with van der Waals surface area (Å²) < 4.78 is 5.23. The second-order valence-electron chi connectivity index (χ2n) is 3.08. The van der Waals surface area contributed by atoms with Crippen LogP contribution in [0.15, 0.2) is 12.3 Å². The van der Waals surface area contributed by atoms with Gasteiger partial charge in [-0.15, -0.1) is 0 Å². The topological polar surface area (TPSA) is 42.4 Å². The first-order valence-electron chi connectivity index (χ1n) is 4.04. The Morgan fingerprint density at radius 2 is 2.38 bits per heavy atom. The molecule has 1 aliphatic rings. The van der Waals surface area contributed by atoms with Crippen molar-refractivity contribution in [1.29, 1.82) is 0 Å². The van der Waals surface area contributed by atoms with E-state index in [0.29, 0.717) is 11.6 Å². The maximum atomic E-state index is 11.2. The maximum absolute atomic E-state index is 11.2. The smallest absolute Gasteiger partial charge is 0.265 e. The maximum Gasteiger partial charge on any atom is 0.265 e.